The summed E-state index contributed by atoms with van der Waals surface area (Å²) in [5.41, 5.74) is 10.9. The second-order valence-corrected chi connectivity index (χ2v) is 5.50. The minimum absolute atomic E-state index is 0. The van der Waals surface area contributed by atoms with E-state index < -0.39 is 6.72 Å². The summed E-state index contributed by atoms with van der Waals surface area (Å²) in [5, 5.41) is 0. The summed E-state index contributed by atoms with van der Waals surface area (Å²) in [6, 6.07) is -0.201. The van der Waals surface area contributed by atoms with Crippen LogP contribution in [-0.2, 0) is 16.3 Å². The van der Waals surface area contributed by atoms with E-state index in [1.165, 1.54) is 0 Å². The fourth-order valence-corrected chi connectivity index (χ4v) is 1.40. The first-order valence-electron chi connectivity index (χ1n) is 4.11. The van der Waals surface area contributed by atoms with Gasteiger partial charge in [0, 0.05) is 6.04 Å². The van der Waals surface area contributed by atoms with Crippen molar-refractivity contribution in [1.82, 2.24) is 0 Å². The SMILES string of the molecule is NCCCC[C@H](N)COP(O)(O)=S.O.O. The Morgan fingerprint density at radius 2 is 1.80 bits per heavy atom. The van der Waals surface area contributed by atoms with Crippen LogP contribution in [0.2, 0.25) is 0 Å². The lowest BCUT2D eigenvalue weighted by molar-refractivity contribution is 0.230. The van der Waals surface area contributed by atoms with Crippen LogP contribution in [0.1, 0.15) is 19.3 Å². The molecular formula is C6H21N2O5PS. The normalized spacial score (nSPS) is 12.5. The van der Waals surface area contributed by atoms with Gasteiger partial charge in [-0.05, 0) is 31.2 Å². The molecule has 0 aliphatic rings. The summed E-state index contributed by atoms with van der Waals surface area (Å²) < 4.78 is 4.60. The third-order valence-electron chi connectivity index (χ3n) is 1.49. The molecule has 15 heavy (non-hydrogen) atoms. The van der Waals surface area contributed by atoms with Gasteiger partial charge in [-0.3, -0.25) is 0 Å². The van der Waals surface area contributed by atoms with Gasteiger partial charge in [-0.1, -0.05) is 6.42 Å². The van der Waals surface area contributed by atoms with Crippen molar-refractivity contribution in [2.45, 2.75) is 25.3 Å². The van der Waals surface area contributed by atoms with E-state index in [1.54, 1.807) is 0 Å². The minimum Gasteiger partial charge on any atom is -0.412 e. The smallest absolute Gasteiger partial charge is 0.321 e. The van der Waals surface area contributed by atoms with Crippen molar-refractivity contribution in [3.8, 4) is 0 Å². The molecule has 0 radical (unpaired) electrons. The Balaban J connectivity index is -0.000000720. The van der Waals surface area contributed by atoms with E-state index >= 15 is 0 Å². The van der Waals surface area contributed by atoms with Gasteiger partial charge >= 0.3 is 6.72 Å². The summed E-state index contributed by atoms with van der Waals surface area (Å²) in [4.78, 5) is 17.4. The van der Waals surface area contributed by atoms with Gasteiger partial charge in [-0.25, -0.2) is 0 Å². The van der Waals surface area contributed by atoms with Crippen molar-refractivity contribution in [3.05, 3.63) is 0 Å². The second kappa shape index (κ2) is 10.9. The molecule has 0 saturated carbocycles. The molecule has 0 aliphatic heterocycles. The average Bonchev–Trinajstić information content (AvgIpc) is 2.00. The van der Waals surface area contributed by atoms with Crippen molar-refractivity contribution in [2.75, 3.05) is 13.2 Å². The topological polar surface area (TPSA) is 165 Å². The minimum atomic E-state index is -3.53. The summed E-state index contributed by atoms with van der Waals surface area (Å²) in [5.74, 6) is 0. The highest BCUT2D eigenvalue weighted by Gasteiger charge is 2.10. The molecule has 0 aromatic rings. The maximum absolute atomic E-state index is 8.72. The van der Waals surface area contributed by atoms with E-state index in [0.717, 1.165) is 19.3 Å². The molecule has 0 aromatic carbocycles. The first-order chi connectivity index (χ1) is 5.95. The summed E-state index contributed by atoms with van der Waals surface area (Å²) in [7, 11) is 0. The molecule has 0 unspecified atom stereocenters. The number of rotatable bonds is 7. The Hall–Kier alpha value is 0.370. The quantitative estimate of drug-likeness (QED) is 0.307. The van der Waals surface area contributed by atoms with Crippen LogP contribution in [-0.4, -0.2) is 39.9 Å². The van der Waals surface area contributed by atoms with Crippen LogP contribution in [0, 0.1) is 0 Å². The molecule has 9 heteroatoms. The molecule has 10 N–H and O–H groups in total. The molecule has 0 rings (SSSR count). The Morgan fingerprint density at radius 1 is 1.27 bits per heavy atom. The molecule has 0 spiro atoms. The first-order valence-corrected chi connectivity index (χ1v) is 6.74. The lowest BCUT2D eigenvalue weighted by Crippen LogP contribution is -2.25. The van der Waals surface area contributed by atoms with E-state index in [1.807, 2.05) is 0 Å². The Morgan fingerprint density at radius 3 is 2.20 bits per heavy atom. The zero-order chi connectivity index (χ0) is 10.3. The molecule has 0 saturated heterocycles. The second-order valence-electron chi connectivity index (χ2n) is 2.83. The summed E-state index contributed by atoms with van der Waals surface area (Å²) in [6.45, 7) is -2.79. The van der Waals surface area contributed by atoms with E-state index in [0.29, 0.717) is 6.54 Å². The van der Waals surface area contributed by atoms with Crippen molar-refractivity contribution in [1.29, 1.82) is 0 Å². The zero-order valence-electron chi connectivity index (χ0n) is 8.43. The average molecular weight is 264 g/mol. The van der Waals surface area contributed by atoms with E-state index in [2.05, 4.69) is 16.3 Å². The lowest BCUT2D eigenvalue weighted by Gasteiger charge is -2.13. The molecular weight excluding hydrogens is 243 g/mol. The predicted molar refractivity (Wildman–Crippen MR) is 62.8 cm³/mol. The first kappa shape index (κ1) is 20.7. The largest absolute Gasteiger partial charge is 0.412 e. The van der Waals surface area contributed by atoms with E-state index in [4.69, 9.17) is 21.3 Å². The van der Waals surface area contributed by atoms with Crippen LogP contribution in [0.15, 0.2) is 0 Å². The number of nitrogens with two attached hydrogens (primary N) is 2. The monoisotopic (exact) mass is 264 g/mol. The maximum Gasteiger partial charge on any atom is 0.321 e. The predicted octanol–water partition coefficient (Wildman–Crippen LogP) is -1.98. The van der Waals surface area contributed by atoms with Gasteiger partial charge < -0.3 is 36.7 Å². The number of hydrogen-bond acceptors (Lipinski definition) is 4. The van der Waals surface area contributed by atoms with Gasteiger partial charge in [-0.2, -0.15) is 0 Å². The molecule has 7 nitrogen and oxygen atoms in total. The molecule has 0 aromatic heterocycles. The number of hydrogen-bond donors (Lipinski definition) is 4. The van der Waals surface area contributed by atoms with E-state index in [9.17, 15) is 0 Å². The van der Waals surface area contributed by atoms with Crippen LogP contribution in [0.3, 0.4) is 0 Å². The third-order valence-corrected chi connectivity index (χ3v) is 2.29. The van der Waals surface area contributed by atoms with Crippen LogP contribution >= 0.6 is 6.72 Å². The van der Waals surface area contributed by atoms with Crippen LogP contribution < -0.4 is 11.5 Å². The van der Waals surface area contributed by atoms with Gasteiger partial charge in [-0.15, -0.1) is 0 Å². The molecule has 96 valence electrons. The van der Waals surface area contributed by atoms with Crippen molar-refractivity contribution >= 4 is 18.5 Å². The van der Waals surface area contributed by atoms with Crippen molar-refractivity contribution in [3.63, 3.8) is 0 Å². The van der Waals surface area contributed by atoms with Gasteiger partial charge in [0.05, 0.1) is 6.61 Å². The van der Waals surface area contributed by atoms with Gasteiger partial charge in [0.1, 0.15) is 0 Å². The molecule has 0 heterocycles. The van der Waals surface area contributed by atoms with Gasteiger partial charge in [0.2, 0.25) is 0 Å². The fourth-order valence-electron chi connectivity index (χ4n) is 0.827. The molecule has 0 bridgehead atoms. The molecule has 1 atom stereocenters. The van der Waals surface area contributed by atoms with Crippen LogP contribution in [0.25, 0.3) is 0 Å². The van der Waals surface area contributed by atoms with Crippen molar-refractivity contribution < 1.29 is 25.3 Å². The van der Waals surface area contributed by atoms with Gasteiger partial charge in [0.25, 0.3) is 0 Å². The molecule has 0 amide bonds. The highest BCUT2D eigenvalue weighted by Crippen LogP contribution is 2.36. The Labute approximate surface area is 94.3 Å². The standard InChI is InChI=1S/C6H17N2O3PS.2H2O/c7-4-2-1-3-6(8)5-11-12(9,10)13;;/h6H,1-5,7-8H2,(H2,9,10,13);2*1H2/t6-;;/m0../s1. The summed E-state index contributed by atoms with van der Waals surface area (Å²) >= 11 is 4.26. The highest BCUT2D eigenvalue weighted by molar-refractivity contribution is 8.06. The van der Waals surface area contributed by atoms with Crippen LogP contribution in [0.4, 0.5) is 0 Å². The number of unbranched alkanes of at least 4 members (excludes halogenated alkanes) is 1. The highest BCUT2D eigenvalue weighted by atomic mass is 32.5. The lowest BCUT2D eigenvalue weighted by atomic mass is 10.1. The van der Waals surface area contributed by atoms with Crippen molar-refractivity contribution in [2.24, 2.45) is 11.5 Å². The Bertz CT molecular complexity index is 179. The Kier molecular flexibility index (Phi) is 15.0. The molecule has 0 aliphatic carbocycles. The summed E-state index contributed by atoms with van der Waals surface area (Å²) in [6.07, 6.45) is 2.59. The van der Waals surface area contributed by atoms with Crippen LogP contribution in [0.5, 0.6) is 0 Å². The van der Waals surface area contributed by atoms with E-state index in [-0.39, 0.29) is 23.6 Å². The van der Waals surface area contributed by atoms with Gasteiger partial charge in [0.15, 0.2) is 0 Å². The maximum atomic E-state index is 8.72. The third kappa shape index (κ3) is 17.0. The molecule has 0 fully saturated rings. The fraction of sp³-hybridized carbons (Fsp3) is 1.00. The zero-order valence-corrected chi connectivity index (χ0v) is 10.1.